The van der Waals surface area contributed by atoms with Crippen LogP contribution in [0.4, 0.5) is 28.7 Å². The van der Waals surface area contributed by atoms with Crippen LogP contribution in [0, 0.1) is 24.0 Å². The molecule has 0 unspecified atom stereocenters. The van der Waals surface area contributed by atoms with Crippen molar-refractivity contribution in [3.8, 4) is 0 Å². The molecule has 0 aliphatic carbocycles. The number of rotatable bonds is 5. The zero-order chi connectivity index (χ0) is 19.6. The number of halogens is 2. The molecule has 0 bridgehead atoms. The maximum atomic E-state index is 11.7. The summed E-state index contributed by atoms with van der Waals surface area (Å²) in [7, 11) is 0. The predicted octanol–water partition coefficient (Wildman–Crippen LogP) is 5.80. The molecule has 2 N–H and O–H groups in total. The summed E-state index contributed by atoms with van der Waals surface area (Å²) in [5, 5.41) is 18.3. The zero-order valence-corrected chi connectivity index (χ0v) is 16.0. The Labute approximate surface area is 165 Å². The van der Waals surface area contributed by atoms with Crippen molar-refractivity contribution in [2.45, 2.75) is 13.8 Å². The van der Waals surface area contributed by atoms with E-state index in [1.165, 1.54) is 6.33 Å². The monoisotopic (exact) mass is 403 g/mol. The number of aryl methyl sites for hydroxylation is 2. The average Bonchev–Trinajstić information content (AvgIpc) is 2.60. The van der Waals surface area contributed by atoms with Crippen molar-refractivity contribution in [3.63, 3.8) is 0 Å². The highest BCUT2D eigenvalue weighted by molar-refractivity contribution is 6.42. The summed E-state index contributed by atoms with van der Waals surface area (Å²) in [5.41, 5.74) is 3.01. The van der Waals surface area contributed by atoms with Gasteiger partial charge in [0, 0.05) is 11.4 Å². The van der Waals surface area contributed by atoms with E-state index in [1.54, 1.807) is 18.2 Å². The van der Waals surface area contributed by atoms with Crippen molar-refractivity contribution in [2.24, 2.45) is 0 Å². The lowest BCUT2D eigenvalue weighted by Gasteiger charge is -2.12. The van der Waals surface area contributed by atoms with Crippen molar-refractivity contribution >= 4 is 51.9 Å². The number of aromatic nitrogens is 2. The fraction of sp³-hybridized carbons (Fsp3) is 0.111. The third kappa shape index (κ3) is 4.27. The van der Waals surface area contributed by atoms with Gasteiger partial charge in [0.2, 0.25) is 11.6 Å². The van der Waals surface area contributed by atoms with Crippen LogP contribution < -0.4 is 10.6 Å². The zero-order valence-electron chi connectivity index (χ0n) is 14.5. The van der Waals surface area contributed by atoms with E-state index < -0.39 is 4.92 Å². The van der Waals surface area contributed by atoms with Gasteiger partial charge >= 0.3 is 5.69 Å². The Morgan fingerprint density at radius 2 is 1.67 bits per heavy atom. The number of nitrogens with one attached hydrogen (secondary N) is 2. The molecule has 0 spiro atoms. The highest BCUT2D eigenvalue weighted by Crippen LogP contribution is 2.35. The van der Waals surface area contributed by atoms with E-state index in [2.05, 4.69) is 20.6 Å². The Bertz CT molecular complexity index is 1030. The van der Waals surface area contributed by atoms with Gasteiger partial charge in [0.25, 0.3) is 0 Å². The summed E-state index contributed by atoms with van der Waals surface area (Å²) in [6, 6.07) is 10.5. The Balaban J connectivity index is 1.99. The van der Waals surface area contributed by atoms with E-state index >= 15 is 0 Å². The summed E-state index contributed by atoms with van der Waals surface area (Å²) < 4.78 is 0. The van der Waals surface area contributed by atoms with Crippen LogP contribution in [0.15, 0.2) is 42.7 Å². The summed E-state index contributed by atoms with van der Waals surface area (Å²) in [6.45, 7) is 3.89. The maximum absolute atomic E-state index is 11.7. The van der Waals surface area contributed by atoms with Gasteiger partial charge in [-0.1, -0.05) is 40.9 Å². The van der Waals surface area contributed by atoms with Gasteiger partial charge < -0.3 is 10.6 Å². The standard InChI is InChI=1S/C18H15Cl2N5O2/c1-10-3-6-15(11(2)7-10)24-18-16(25(26)27)17(21-9-22-18)23-12-4-5-13(19)14(20)8-12/h3-9H,1-2H3,(H2,21,22,23,24). The maximum Gasteiger partial charge on any atom is 0.353 e. The van der Waals surface area contributed by atoms with Crippen molar-refractivity contribution in [1.82, 2.24) is 9.97 Å². The molecule has 2 aromatic carbocycles. The van der Waals surface area contributed by atoms with Crippen molar-refractivity contribution in [3.05, 3.63) is 74.0 Å². The first-order valence-corrected chi connectivity index (χ1v) is 8.66. The van der Waals surface area contributed by atoms with E-state index in [0.717, 1.165) is 16.8 Å². The molecule has 0 fully saturated rings. The van der Waals surface area contributed by atoms with Gasteiger partial charge in [-0.05, 0) is 43.7 Å². The second-order valence-corrected chi connectivity index (χ2v) is 6.69. The van der Waals surface area contributed by atoms with Crippen LogP contribution in [-0.2, 0) is 0 Å². The topological polar surface area (TPSA) is 93.0 Å². The van der Waals surface area contributed by atoms with Gasteiger partial charge in [-0.25, -0.2) is 9.97 Å². The van der Waals surface area contributed by atoms with E-state index in [-0.39, 0.29) is 17.3 Å². The Hall–Kier alpha value is -2.90. The second kappa shape index (κ2) is 7.77. The number of hydrogen-bond acceptors (Lipinski definition) is 6. The Morgan fingerprint density at radius 3 is 2.30 bits per heavy atom. The van der Waals surface area contributed by atoms with Crippen LogP contribution in [-0.4, -0.2) is 14.9 Å². The molecule has 0 saturated heterocycles. The van der Waals surface area contributed by atoms with Crippen LogP contribution >= 0.6 is 23.2 Å². The molecular formula is C18H15Cl2N5O2. The molecular weight excluding hydrogens is 389 g/mol. The first-order valence-electron chi connectivity index (χ1n) is 7.91. The molecule has 9 heteroatoms. The molecule has 0 aliphatic rings. The number of hydrogen-bond donors (Lipinski definition) is 2. The van der Waals surface area contributed by atoms with Crippen LogP contribution in [0.25, 0.3) is 0 Å². The molecule has 0 aliphatic heterocycles. The molecule has 1 heterocycles. The lowest BCUT2D eigenvalue weighted by atomic mass is 10.1. The first-order chi connectivity index (χ1) is 12.8. The predicted molar refractivity (Wildman–Crippen MR) is 108 cm³/mol. The van der Waals surface area contributed by atoms with Crippen LogP contribution in [0.5, 0.6) is 0 Å². The van der Waals surface area contributed by atoms with Crippen LogP contribution in [0.1, 0.15) is 11.1 Å². The lowest BCUT2D eigenvalue weighted by molar-refractivity contribution is -0.383. The molecule has 138 valence electrons. The molecule has 27 heavy (non-hydrogen) atoms. The van der Waals surface area contributed by atoms with Gasteiger partial charge in [-0.3, -0.25) is 10.1 Å². The highest BCUT2D eigenvalue weighted by atomic mass is 35.5. The van der Waals surface area contributed by atoms with Crippen LogP contribution in [0.3, 0.4) is 0 Å². The third-order valence-electron chi connectivity index (χ3n) is 3.82. The number of nitro groups is 1. The van der Waals surface area contributed by atoms with E-state index in [4.69, 9.17) is 23.2 Å². The SMILES string of the molecule is Cc1ccc(Nc2ncnc(Nc3ccc(Cl)c(Cl)c3)c2[N+](=O)[O-])c(C)c1. The molecule has 7 nitrogen and oxygen atoms in total. The second-order valence-electron chi connectivity index (χ2n) is 5.87. The molecule has 0 amide bonds. The summed E-state index contributed by atoms with van der Waals surface area (Å²) in [4.78, 5) is 19.2. The van der Waals surface area contributed by atoms with E-state index in [0.29, 0.717) is 15.7 Å². The van der Waals surface area contributed by atoms with Gasteiger partial charge in [0.15, 0.2) is 0 Å². The first kappa shape index (κ1) is 18.9. The quantitative estimate of drug-likeness (QED) is 0.413. The van der Waals surface area contributed by atoms with Gasteiger partial charge in [-0.2, -0.15) is 0 Å². The minimum absolute atomic E-state index is 0.0423. The number of benzene rings is 2. The smallest absolute Gasteiger partial charge is 0.334 e. The summed E-state index contributed by atoms with van der Waals surface area (Å²) in [6.07, 6.45) is 1.25. The number of anilines is 4. The summed E-state index contributed by atoms with van der Waals surface area (Å²) >= 11 is 11.9. The fourth-order valence-electron chi connectivity index (χ4n) is 2.53. The van der Waals surface area contributed by atoms with E-state index in [1.807, 2.05) is 32.0 Å². The van der Waals surface area contributed by atoms with Gasteiger partial charge in [0.05, 0.1) is 15.0 Å². The van der Waals surface area contributed by atoms with E-state index in [9.17, 15) is 10.1 Å². The Morgan fingerprint density at radius 1 is 0.963 bits per heavy atom. The average molecular weight is 404 g/mol. The highest BCUT2D eigenvalue weighted by Gasteiger charge is 2.23. The lowest BCUT2D eigenvalue weighted by Crippen LogP contribution is -2.06. The number of nitrogens with zero attached hydrogens (tertiary/aromatic N) is 3. The van der Waals surface area contributed by atoms with Crippen LogP contribution in [0.2, 0.25) is 10.0 Å². The molecule has 0 atom stereocenters. The Kier molecular flexibility index (Phi) is 5.43. The molecule has 3 rings (SSSR count). The third-order valence-corrected chi connectivity index (χ3v) is 4.56. The minimum Gasteiger partial charge on any atom is -0.334 e. The largest absolute Gasteiger partial charge is 0.353 e. The minimum atomic E-state index is -0.536. The molecule has 0 saturated carbocycles. The summed E-state index contributed by atoms with van der Waals surface area (Å²) in [5.74, 6) is 0.130. The fourth-order valence-corrected chi connectivity index (χ4v) is 2.82. The van der Waals surface area contributed by atoms with Crippen molar-refractivity contribution in [2.75, 3.05) is 10.6 Å². The van der Waals surface area contributed by atoms with Crippen molar-refractivity contribution in [1.29, 1.82) is 0 Å². The molecule has 0 radical (unpaired) electrons. The van der Waals surface area contributed by atoms with Crippen molar-refractivity contribution < 1.29 is 4.92 Å². The molecule has 1 aromatic heterocycles. The van der Waals surface area contributed by atoms with Gasteiger partial charge in [0.1, 0.15) is 6.33 Å². The molecule has 3 aromatic rings. The normalized spacial score (nSPS) is 10.5. The van der Waals surface area contributed by atoms with Gasteiger partial charge in [-0.15, -0.1) is 0 Å².